The normalized spacial score (nSPS) is 20.2. The number of benzene rings is 1. The maximum atomic E-state index is 5.80. The molecule has 0 spiro atoms. The first-order chi connectivity index (χ1) is 10.4. The Balaban J connectivity index is 1.32. The van der Waals surface area contributed by atoms with Crippen LogP contribution < -0.4 is 4.74 Å². The van der Waals surface area contributed by atoms with Crippen molar-refractivity contribution < 1.29 is 14.2 Å². The van der Waals surface area contributed by atoms with Gasteiger partial charge in [-0.15, -0.1) is 0 Å². The summed E-state index contributed by atoms with van der Waals surface area (Å²) < 4.78 is 16.9. The zero-order chi connectivity index (χ0) is 14.3. The maximum Gasteiger partial charge on any atom is 0.119 e. The molecule has 2 fully saturated rings. The smallest absolute Gasteiger partial charge is 0.119 e. The van der Waals surface area contributed by atoms with Crippen LogP contribution in [0.5, 0.6) is 5.75 Å². The van der Waals surface area contributed by atoms with E-state index in [1.165, 1.54) is 31.2 Å². The van der Waals surface area contributed by atoms with Gasteiger partial charge < -0.3 is 14.2 Å². The molecule has 0 N–H and O–H groups in total. The fraction of sp³-hybridized carbons (Fsp3) is 0.667. The number of ether oxygens (including phenoxy) is 3. The monoisotopic (exact) mass is 290 g/mol. The highest BCUT2D eigenvalue weighted by Gasteiger charge is 2.17. The average molecular weight is 290 g/mol. The summed E-state index contributed by atoms with van der Waals surface area (Å²) >= 11 is 0. The molecular formula is C18H26O3. The summed E-state index contributed by atoms with van der Waals surface area (Å²) in [6.07, 6.45) is 7.83. The number of rotatable bonds is 7. The van der Waals surface area contributed by atoms with E-state index >= 15 is 0 Å². The van der Waals surface area contributed by atoms with Gasteiger partial charge in [0, 0.05) is 13.2 Å². The molecule has 0 amide bonds. The van der Waals surface area contributed by atoms with E-state index in [4.69, 9.17) is 14.2 Å². The Morgan fingerprint density at radius 1 is 0.952 bits per heavy atom. The van der Waals surface area contributed by atoms with Gasteiger partial charge in [-0.1, -0.05) is 31.4 Å². The van der Waals surface area contributed by atoms with Crippen molar-refractivity contribution in [3.63, 3.8) is 0 Å². The summed E-state index contributed by atoms with van der Waals surface area (Å²) in [6, 6.07) is 8.57. The molecule has 0 radical (unpaired) electrons. The zero-order valence-electron chi connectivity index (χ0n) is 12.8. The molecule has 116 valence electrons. The van der Waals surface area contributed by atoms with Crippen LogP contribution in [0.25, 0.3) is 0 Å². The van der Waals surface area contributed by atoms with E-state index in [-0.39, 0.29) is 0 Å². The third-order valence-electron chi connectivity index (χ3n) is 4.55. The Bertz CT molecular complexity index is 405. The second-order valence-electron chi connectivity index (χ2n) is 6.18. The molecule has 0 unspecified atom stereocenters. The van der Waals surface area contributed by atoms with Crippen molar-refractivity contribution >= 4 is 0 Å². The SMILES string of the molecule is c1cc(OCCOC2CCOCC2)ccc1CC1CCC1. The van der Waals surface area contributed by atoms with Gasteiger partial charge in [0.2, 0.25) is 0 Å². The van der Waals surface area contributed by atoms with Crippen LogP contribution in [0.1, 0.15) is 37.7 Å². The first-order valence-electron chi connectivity index (χ1n) is 8.31. The standard InChI is InChI=1S/C18H26O3/c1-2-15(3-1)14-16-4-6-17(7-5-16)20-12-13-21-18-8-10-19-11-9-18/h4-7,15,18H,1-3,8-14H2. The van der Waals surface area contributed by atoms with Crippen LogP contribution in [0, 0.1) is 5.92 Å². The molecule has 1 saturated heterocycles. The molecular weight excluding hydrogens is 264 g/mol. The van der Waals surface area contributed by atoms with Gasteiger partial charge in [0.25, 0.3) is 0 Å². The van der Waals surface area contributed by atoms with Gasteiger partial charge in [-0.2, -0.15) is 0 Å². The zero-order valence-corrected chi connectivity index (χ0v) is 12.8. The minimum Gasteiger partial charge on any atom is -0.491 e. The van der Waals surface area contributed by atoms with Crippen molar-refractivity contribution in [3.05, 3.63) is 29.8 Å². The summed E-state index contributed by atoms with van der Waals surface area (Å²) in [5, 5.41) is 0. The molecule has 3 nitrogen and oxygen atoms in total. The van der Waals surface area contributed by atoms with Crippen LogP contribution in [-0.2, 0) is 15.9 Å². The molecule has 2 aliphatic rings. The van der Waals surface area contributed by atoms with Gasteiger partial charge in [-0.3, -0.25) is 0 Å². The lowest BCUT2D eigenvalue weighted by atomic mass is 9.81. The molecule has 3 rings (SSSR count). The summed E-state index contributed by atoms with van der Waals surface area (Å²) in [5.41, 5.74) is 1.44. The van der Waals surface area contributed by atoms with Gasteiger partial charge in [0.15, 0.2) is 0 Å². The third-order valence-corrected chi connectivity index (χ3v) is 4.55. The minimum atomic E-state index is 0.354. The summed E-state index contributed by atoms with van der Waals surface area (Å²) in [7, 11) is 0. The Hall–Kier alpha value is -1.06. The van der Waals surface area contributed by atoms with Gasteiger partial charge in [0.1, 0.15) is 12.4 Å². The lowest BCUT2D eigenvalue weighted by Crippen LogP contribution is -2.25. The predicted molar refractivity (Wildman–Crippen MR) is 82.8 cm³/mol. The van der Waals surface area contributed by atoms with E-state index in [2.05, 4.69) is 24.3 Å². The highest BCUT2D eigenvalue weighted by atomic mass is 16.5. The fourth-order valence-electron chi connectivity index (χ4n) is 2.97. The molecule has 0 atom stereocenters. The quantitative estimate of drug-likeness (QED) is 0.718. The maximum absolute atomic E-state index is 5.80. The summed E-state index contributed by atoms with van der Waals surface area (Å²) in [6.45, 7) is 2.94. The molecule has 0 bridgehead atoms. The molecule has 0 aromatic heterocycles. The molecule has 3 heteroatoms. The van der Waals surface area contributed by atoms with E-state index in [0.29, 0.717) is 19.3 Å². The first kappa shape index (κ1) is 14.9. The molecule has 1 heterocycles. The Morgan fingerprint density at radius 2 is 1.71 bits per heavy atom. The summed E-state index contributed by atoms with van der Waals surface area (Å²) in [4.78, 5) is 0. The van der Waals surface area contributed by atoms with Crippen molar-refractivity contribution in [3.8, 4) is 5.75 Å². The van der Waals surface area contributed by atoms with Crippen LogP contribution in [0.2, 0.25) is 0 Å². The molecule has 1 aromatic carbocycles. The van der Waals surface area contributed by atoms with E-state index in [0.717, 1.165) is 37.7 Å². The van der Waals surface area contributed by atoms with Gasteiger partial charge in [-0.25, -0.2) is 0 Å². The van der Waals surface area contributed by atoms with E-state index in [1.807, 2.05) is 0 Å². The highest BCUT2D eigenvalue weighted by molar-refractivity contribution is 5.27. The van der Waals surface area contributed by atoms with Crippen molar-refractivity contribution in [1.82, 2.24) is 0 Å². The number of hydrogen-bond acceptors (Lipinski definition) is 3. The van der Waals surface area contributed by atoms with Gasteiger partial charge in [0.05, 0.1) is 12.7 Å². The van der Waals surface area contributed by atoms with Crippen molar-refractivity contribution in [2.24, 2.45) is 5.92 Å². The van der Waals surface area contributed by atoms with E-state index < -0.39 is 0 Å². The second kappa shape index (κ2) is 7.81. The van der Waals surface area contributed by atoms with Crippen molar-refractivity contribution in [2.45, 2.75) is 44.6 Å². The molecule has 1 aliphatic heterocycles. The molecule has 21 heavy (non-hydrogen) atoms. The first-order valence-corrected chi connectivity index (χ1v) is 8.31. The highest BCUT2D eigenvalue weighted by Crippen LogP contribution is 2.30. The Morgan fingerprint density at radius 3 is 2.38 bits per heavy atom. The molecule has 1 aromatic rings. The largest absolute Gasteiger partial charge is 0.491 e. The Labute approximate surface area is 127 Å². The third kappa shape index (κ3) is 4.72. The fourth-order valence-corrected chi connectivity index (χ4v) is 2.97. The molecule has 1 saturated carbocycles. The average Bonchev–Trinajstić information content (AvgIpc) is 2.50. The Kier molecular flexibility index (Phi) is 5.53. The van der Waals surface area contributed by atoms with Crippen LogP contribution in [0.3, 0.4) is 0 Å². The minimum absolute atomic E-state index is 0.354. The summed E-state index contributed by atoms with van der Waals surface area (Å²) in [5.74, 6) is 1.87. The van der Waals surface area contributed by atoms with E-state index in [9.17, 15) is 0 Å². The van der Waals surface area contributed by atoms with Crippen LogP contribution in [-0.4, -0.2) is 32.5 Å². The number of hydrogen-bond donors (Lipinski definition) is 0. The lowest BCUT2D eigenvalue weighted by molar-refractivity contribution is -0.0388. The van der Waals surface area contributed by atoms with Crippen LogP contribution in [0.15, 0.2) is 24.3 Å². The second-order valence-corrected chi connectivity index (χ2v) is 6.18. The predicted octanol–water partition coefficient (Wildman–Crippen LogP) is 3.60. The lowest BCUT2D eigenvalue weighted by Gasteiger charge is -2.25. The van der Waals surface area contributed by atoms with Crippen LogP contribution >= 0.6 is 0 Å². The van der Waals surface area contributed by atoms with Crippen LogP contribution in [0.4, 0.5) is 0 Å². The van der Waals surface area contributed by atoms with Gasteiger partial charge in [-0.05, 0) is 42.9 Å². The van der Waals surface area contributed by atoms with Crippen molar-refractivity contribution in [2.75, 3.05) is 26.4 Å². The topological polar surface area (TPSA) is 27.7 Å². The van der Waals surface area contributed by atoms with E-state index in [1.54, 1.807) is 0 Å². The van der Waals surface area contributed by atoms with Crippen molar-refractivity contribution in [1.29, 1.82) is 0 Å². The molecule has 1 aliphatic carbocycles. The van der Waals surface area contributed by atoms with Gasteiger partial charge >= 0.3 is 0 Å².